The normalized spacial score (nSPS) is 16.7. The molecule has 0 aliphatic carbocycles. The van der Waals surface area contributed by atoms with Gasteiger partial charge in [0.15, 0.2) is 5.82 Å². The van der Waals surface area contributed by atoms with Crippen LogP contribution in [0.1, 0.15) is 65.1 Å². The lowest BCUT2D eigenvalue weighted by atomic mass is 9.82. The molecule has 1 N–H and O–H groups in total. The number of nitrogens with zero attached hydrogens (tertiary/aromatic N) is 3. The maximum atomic E-state index is 15.0. The number of hydrogen-bond donors (Lipinski definition) is 1. The smallest absolute Gasteiger partial charge is 0.307 e. The molecule has 3 heterocycles. The van der Waals surface area contributed by atoms with Crippen molar-refractivity contribution in [2.24, 2.45) is 11.3 Å². The highest BCUT2D eigenvalue weighted by Gasteiger charge is 2.29. The number of aryl methyl sites for hydroxylation is 1. The average molecular weight is 458 g/mol. The van der Waals surface area contributed by atoms with Crippen molar-refractivity contribution in [3.05, 3.63) is 35.5 Å². The number of ether oxygens (including phenoxy) is 1. The molecular formula is C26H36FN3O3. The van der Waals surface area contributed by atoms with Crippen LogP contribution in [0.4, 0.5) is 10.1 Å². The molecule has 33 heavy (non-hydrogen) atoms. The van der Waals surface area contributed by atoms with E-state index >= 15 is 0 Å². The number of piperidine rings is 1. The van der Waals surface area contributed by atoms with Gasteiger partial charge in [0, 0.05) is 47.9 Å². The Kier molecular flexibility index (Phi) is 7.60. The summed E-state index contributed by atoms with van der Waals surface area (Å²) in [4.78, 5) is 22.6. The van der Waals surface area contributed by atoms with E-state index in [1.54, 1.807) is 12.4 Å². The highest BCUT2D eigenvalue weighted by Crippen LogP contribution is 2.40. The number of carboxylic acids is 1. The summed E-state index contributed by atoms with van der Waals surface area (Å²) in [7, 11) is 0. The first-order valence-corrected chi connectivity index (χ1v) is 11.7. The third-order valence-electron chi connectivity index (χ3n) is 6.36. The standard InChI is InChI=1S/C26H36FN3O3/c1-16(2)11-17(3)33-25-22(27)12-19(14-29-25)21-15-28-18(4)20(13-23(31)32)24(21)30-9-7-26(5,6)8-10-30/h12,14-17H,7-11,13H2,1-6H3,(H,31,32). The molecule has 2 aromatic rings. The third kappa shape index (κ3) is 6.21. The van der Waals surface area contributed by atoms with Gasteiger partial charge in [0.25, 0.3) is 5.88 Å². The fourth-order valence-corrected chi connectivity index (χ4v) is 4.47. The molecule has 0 radical (unpaired) electrons. The molecule has 1 fully saturated rings. The van der Waals surface area contributed by atoms with Gasteiger partial charge < -0.3 is 14.7 Å². The van der Waals surface area contributed by atoms with Gasteiger partial charge in [-0.25, -0.2) is 9.37 Å². The van der Waals surface area contributed by atoms with E-state index in [1.807, 2.05) is 13.8 Å². The minimum Gasteiger partial charge on any atom is -0.481 e. The maximum Gasteiger partial charge on any atom is 0.307 e. The fourth-order valence-electron chi connectivity index (χ4n) is 4.47. The summed E-state index contributed by atoms with van der Waals surface area (Å²) >= 11 is 0. The third-order valence-corrected chi connectivity index (χ3v) is 6.36. The summed E-state index contributed by atoms with van der Waals surface area (Å²) in [6.45, 7) is 14.0. The zero-order valence-corrected chi connectivity index (χ0v) is 20.6. The van der Waals surface area contributed by atoms with Crippen LogP contribution in [0.25, 0.3) is 11.1 Å². The number of pyridine rings is 2. The first-order chi connectivity index (χ1) is 15.5. The lowest BCUT2D eigenvalue weighted by Gasteiger charge is -2.40. The van der Waals surface area contributed by atoms with Gasteiger partial charge >= 0.3 is 5.97 Å². The molecule has 0 saturated carbocycles. The van der Waals surface area contributed by atoms with E-state index in [2.05, 4.69) is 42.6 Å². The van der Waals surface area contributed by atoms with Gasteiger partial charge in [-0.05, 0) is 50.5 Å². The molecule has 3 rings (SSSR count). The van der Waals surface area contributed by atoms with E-state index in [-0.39, 0.29) is 23.8 Å². The molecule has 7 heteroatoms. The number of aromatic nitrogens is 2. The Morgan fingerprint density at radius 2 is 1.88 bits per heavy atom. The quantitative estimate of drug-likeness (QED) is 0.551. The molecule has 0 amide bonds. The SMILES string of the molecule is Cc1ncc(-c2cnc(OC(C)CC(C)C)c(F)c2)c(N2CCC(C)(C)CC2)c1CC(=O)O. The summed E-state index contributed by atoms with van der Waals surface area (Å²) in [5.74, 6) is -1.03. The summed E-state index contributed by atoms with van der Waals surface area (Å²) in [6, 6.07) is 1.42. The van der Waals surface area contributed by atoms with Crippen molar-refractivity contribution >= 4 is 11.7 Å². The second-order valence-electron chi connectivity index (χ2n) is 10.4. The van der Waals surface area contributed by atoms with E-state index in [0.29, 0.717) is 28.3 Å². The van der Waals surface area contributed by atoms with Gasteiger partial charge in [0.2, 0.25) is 0 Å². The van der Waals surface area contributed by atoms with Crippen LogP contribution in [0.3, 0.4) is 0 Å². The van der Waals surface area contributed by atoms with E-state index in [9.17, 15) is 14.3 Å². The summed E-state index contributed by atoms with van der Waals surface area (Å²) < 4.78 is 20.7. The minimum absolute atomic E-state index is 0.0148. The van der Waals surface area contributed by atoms with Gasteiger partial charge in [-0.3, -0.25) is 9.78 Å². The lowest BCUT2D eigenvalue weighted by molar-refractivity contribution is -0.136. The van der Waals surface area contributed by atoms with Crippen LogP contribution in [0, 0.1) is 24.1 Å². The van der Waals surface area contributed by atoms with Gasteiger partial charge in [0.05, 0.1) is 18.2 Å². The van der Waals surface area contributed by atoms with Crippen molar-refractivity contribution in [1.29, 1.82) is 0 Å². The molecular weight excluding hydrogens is 421 g/mol. The number of rotatable bonds is 8. The van der Waals surface area contributed by atoms with Crippen LogP contribution in [0.2, 0.25) is 0 Å². The lowest BCUT2D eigenvalue weighted by Crippen LogP contribution is -2.38. The number of hydrogen-bond acceptors (Lipinski definition) is 5. The second-order valence-corrected chi connectivity index (χ2v) is 10.4. The molecule has 1 atom stereocenters. The van der Waals surface area contributed by atoms with Crippen molar-refractivity contribution in [1.82, 2.24) is 9.97 Å². The van der Waals surface area contributed by atoms with Crippen LogP contribution in [-0.4, -0.2) is 40.2 Å². The first kappa shape index (κ1) is 24.9. The van der Waals surface area contributed by atoms with Crippen molar-refractivity contribution in [2.75, 3.05) is 18.0 Å². The van der Waals surface area contributed by atoms with Crippen LogP contribution in [0.5, 0.6) is 5.88 Å². The molecule has 180 valence electrons. The average Bonchev–Trinajstić information content (AvgIpc) is 2.70. The minimum atomic E-state index is -0.914. The summed E-state index contributed by atoms with van der Waals surface area (Å²) in [6.07, 6.45) is 5.81. The predicted octanol–water partition coefficient (Wildman–Crippen LogP) is 5.66. The van der Waals surface area contributed by atoms with Gasteiger partial charge in [0.1, 0.15) is 0 Å². The zero-order valence-electron chi connectivity index (χ0n) is 20.6. The Morgan fingerprint density at radius 3 is 2.45 bits per heavy atom. The van der Waals surface area contributed by atoms with Crippen LogP contribution in [0.15, 0.2) is 18.5 Å². The molecule has 1 unspecified atom stereocenters. The Balaban J connectivity index is 2.02. The predicted molar refractivity (Wildman–Crippen MR) is 128 cm³/mol. The number of carbonyl (C=O) groups is 1. The Bertz CT molecular complexity index is 997. The molecule has 1 aliphatic rings. The Labute approximate surface area is 196 Å². The highest BCUT2D eigenvalue weighted by atomic mass is 19.1. The van der Waals surface area contributed by atoms with E-state index in [0.717, 1.165) is 38.0 Å². The maximum absolute atomic E-state index is 15.0. The van der Waals surface area contributed by atoms with E-state index in [4.69, 9.17) is 4.74 Å². The first-order valence-electron chi connectivity index (χ1n) is 11.7. The van der Waals surface area contributed by atoms with Crippen LogP contribution >= 0.6 is 0 Å². The van der Waals surface area contributed by atoms with Gasteiger partial charge in [-0.1, -0.05) is 27.7 Å². The van der Waals surface area contributed by atoms with Crippen LogP contribution in [-0.2, 0) is 11.2 Å². The molecule has 0 aromatic carbocycles. The second kappa shape index (κ2) is 10.1. The largest absolute Gasteiger partial charge is 0.481 e. The van der Waals surface area contributed by atoms with Crippen molar-refractivity contribution in [3.63, 3.8) is 0 Å². The molecule has 1 aliphatic heterocycles. The summed E-state index contributed by atoms with van der Waals surface area (Å²) in [5, 5.41) is 9.55. The van der Waals surface area contributed by atoms with Gasteiger partial charge in [-0.2, -0.15) is 0 Å². The van der Waals surface area contributed by atoms with Gasteiger partial charge in [-0.15, -0.1) is 0 Å². The Hall–Kier alpha value is -2.70. The molecule has 0 spiro atoms. The summed E-state index contributed by atoms with van der Waals surface area (Å²) in [5.41, 5.74) is 3.68. The van der Waals surface area contributed by atoms with Crippen LogP contribution < -0.4 is 9.64 Å². The Morgan fingerprint density at radius 1 is 1.21 bits per heavy atom. The van der Waals surface area contributed by atoms with E-state index in [1.165, 1.54) is 6.07 Å². The van der Waals surface area contributed by atoms with Crippen molar-refractivity contribution in [3.8, 4) is 17.0 Å². The molecule has 0 bridgehead atoms. The monoisotopic (exact) mass is 457 g/mol. The number of aliphatic carboxylic acids is 1. The highest BCUT2D eigenvalue weighted by molar-refractivity contribution is 5.84. The zero-order chi connectivity index (χ0) is 24.3. The molecule has 1 saturated heterocycles. The number of halogens is 1. The number of anilines is 1. The molecule has 6 nitrogen and oxygen atoms in total. The van der Waals surface area contributed by atoms with E-state index < -0.39 is 11.8 Å². The fraction of sp³-hybridized carbons (Fsp3) is 0.577. The number of carboxylic acid groups (broad SMARTS) is 1. The van der Waals surface area contributed by atoms with Crippen molar-refractivity contribution < 1.29 is 19.0 Å². The van der Waals surface area contributed by atoms with Crippen molar-refractivity contribution in [2.45, 2.75) is 73.3 Å². The molecule has 2 aromatic heterocycles. The topological polar surface area (TPSA) is 75.6 Å².